The van der Waals surface area contributed by atoms with Crippen LogP contribution in [0.3, 0.4) is 0 Å². The fraction of sp³-hybridized carbons (Fsp3) is 0.538. The van der Waals surface area contributed by atoms with Crippen molar-refractivity contribution in [2.75, 3.05) is 26.0 Å². The molecule has 0 saturated heterocycles. The Kier molecular flexibility index (Phi) is 5.38. The summed E-state index contributed by atoms with van der Waals surface area (Å²) >= 11 is 0. The van der Waals surface area contributed by atoms with Crippen LogP contribution in [0.25, 0.3) is 0 Å². The van der Waals surface area contributed by atoms with Crippen LogP contribution in [-0.4, -0.2) is 31.2 Å². The highest BCUT2D eigenvalue weighted by Gasteiger charge is 2.13. The zero-order valence-corrected chi connectivity index (χ0v) is 10.7. The number of methoxy groups -OCH3 is 1. The van der Waals surface area contributed by atoms with Crippen molar-refractivity contribution in [1.82, 2.24) is 4.90 Å². The summed E-state index contributed by atoms with van der Waals surface area (Å²) in [5.41, 5.74) is 7.30. The largest absolute Gasteiger partial charge is 0.398 e. The van der Waals surface area contributed by atoms with Crippen LogP contribution < -0.4 is 5.73 Å². The van der Waals surface area contributed by atoms with E-state index in [2.05, 4.69) is 18.7 Å². The fourth-order valence-electron chi connectivity index (χ4n) is 1.86. The van der Waals surface area contributed by atoms with Crippen LogP contribution in [0.1, 0.15) is 19.4 Å². The average Bonchev–Trinajstić information content (AvgIpc) is 2.30. The number of benzene rings is 1. The van der Waals surface area contributed by atoms with E-state index >= 15 is 0 Å². The molecule has 0 heterocycles. The van der Waals surface area contributed by atoms with E-state index < -0.39 is 0 Å². The van der Waals surface area contributed by atoms with E-state index in [1.54, 1.807) is 13.2 Å². The molecule has 0 aromatic heterocycles. The van der Waals surface area contributed by atoms with E-state index in [4.69, 9.17) is 10.5 Å². The predicted octanol–water partition coefficient (Wildman–Crippen LogP) is 2.26. The number of hydrogen-bond donors (Lipinski definition) is 1. The molecule has 0 saturated carbocycles. The molecule has 4 heteroatoms. The highest BCUT2D eigenvalue weighted by Crippen LogP contribution is 2.17. The summed E-state index contributed by atoms with van der Waals surface area (Å²) in [5, 5.41) is 0. The Balaban J connectivity index is 2.76. The van der Waals surface area contributed by atoms with Gasteiger partial charge in [0, 0.05) is 25.4 Å². The van der Waals surface area contributed by atoms with E-state index in [1.807, 2.05) is 0 Å². The number of rotatable bonds is 6. The lowest BCUT2D eigenvalue weighted by molar-refractivity contribution is 0.0983. The molecule has 1 aromatic carbocycles. The van der Waals surface area contributed by atoms with Gasteiger partial charge < -0.3 is 10.5 Å². The van der Waals surface area contributed by atoms with Crippen molar-refractivity contribution < 1.29 is 9.13 Å². The summed E-state index contributed by atoms with van der Waals surface area (Å²) in [6.45, 7) is 6.33. The first-order valence-corrected chi connectivity index (χ1v) is 5.85. The molecule has 17 heavy (non-hydrogen) atoms. The minimum atomic E-state index is -0.246. The molecule has 3 nitrogen and oxygen atoms in total. The van der Waals surface area contributed by atoms with Gasteiger partial charge in [-0.2, -0.15) is 0 Å². The van der Waals surface area contributed by atoms with Crippen molar-refractivity contribution in [2.24, 2.45) is 0 Å². The molecule has 0 bridgehead atoms. The molecule has 0 radical (unpaired) electrons. The summed E-state index contributed by atoms with van der Waals surface area (Å²) in [4.78, 5) is 2.20. The molecule has 0 aliphatic rings. The molecular weight excluding hydrogens is 219 g/mol. The van der Waals surface area contributed by atoms with Crippen molar-refractivity contribution in [2.45, 2.75) is 26.4 Å². The zero-order valence-electron chi connectivity index (χ0n) is 10.7. The summed E-state index contributed by atoms with van der Waals surface area (Å²) in [6, 6.07) is 4.78. The lowest BCUT2D eigenvalue weighted by atomic mass is 10.1. The van der Waals surface area contributed by atoms with Crippen LogP contribution in [-0.2, 0) is 11.3 Å². The molecule has 1 atom stereocenters. The molecule has 96 valence electrons. The van der Waals surface area contributed by atoms with Crippen molar-refractivity contribution in [1.29, 1.82) is 0 Å². The highest BCUT2D eigenvalue weighted by molar-refractivity contribution is 5.46. The Morgan fingerprint density at radius 3 is 2.76 bits per heavy atom. The maximum absolute atomic E-state index is 13.2. The molecule has 1 unspecified atom stereocenters. The van der Waals surface area contributed by atoms with Gasteiger partial charge in [-0.1, -0.05) is 6.92 Å². The van der Waals surface area contributed by atoms with Crippen LogP contribution >= 0.6 is 0 Å². The van der Waals surface area contributed by atoms with Gasteiger partial charge in [0.25, 0.3) is 0 Å². The number of nitrogens with zero attached hydrogens (tertiary/aromatic N) is 1. The predicted molar refractivity (Wildman–Crippen MR) is 68.2 cm³/mol. The summed E-state index contributed by atoms with van der Waals surface area (Å²) in [5.74, 6) is -0.246. The van der Waals surface area contributed by atoms with Crippen LogP contribution in [0.2, 0.25) is 0 Å². The second-order valence-electron chi connectivity index (χ2n) is 4.21. The summed E-state index contributed by atoms with van der Waals surface area (Å²) in [6.07, 6.45) is 0. The standard InChI is InChI=1S/C13H21FN2O/c1-4-16(10(2)9-17-3)8-11-7-12(14)5-6-13(11)15/h5-7,10H,4,8-9,15H2,1-3H3. The van der Waals surface area contributed by atoms with Gasteiger partial charge in [0.05, 0.1) is 6.61 Å². The molecule has 0 aliphatic carbocycles. The second kappa shape index (κ2) is 6.57. The van der Waals surface area contributed by atoms with Crippen molar-refractivity contribution in [3.05, 3.63) is 29.6 Å². The van der Waals surface area contributed by atoms with Crippen molar-refractivity contribution in [3.63, 3.8) is 0 Å². The van der Waals surface area contributed by atoms with Gasteiger partial charge in [0.2, 0.25) is 0 Å². The quantitative estimate of drug-likeness (QED) is 0.775. The SMILES string of the molecule is CCN(Cc1cc(F)ccc1N)C(C)COC. The highest BCUT2D eigenvalue weighted by atomic mass is 19.1. The van der Waals surface area contributed by atoms with Crippen molar-refractivity contribution >= 4 is 5.69 Å². The molecular formula is C13H21FN2O. The number of hydrogen-bond acceptors (Lipinski definition) is 3. The minimum Gasteiger partial charge on any atom is -0.398 e. The van der Waals surface area contributed by atoms with Crippen LogP contribution in [0.15, 0.2) is 18.2 Å². The first kappa shape index (κ1) is 13.9. The van der Waals surface area contributed by atoms with Gasteiger partial charge in [-0.05, 0) is 37.2 Å². The Hall–Kier alpha value is -1.13. The molecule has 1 aromatic rings. The minimum absolute atomic E-state index is 0.246. The van der Waals surface area contributed by atoms with Gasteiger partial charge in [-0.15, -0.1) is 0 Å². The number of halogens is 1. The van der Waals surface area contributed by atoms with Crippen LogP contribution in [0.4, 0.5) is 10.1 Å². The Morgan fingerprint density at radius 1 is 1.47 bits per heavy atom. The molecule has 0 amide bonds. The van der Waals surface area contributed by atoms with E-state index in [-0.39, 0.29) is 11.9 Å². The van der Waals surface area contributed by atoms with E-state index in [1.165, 1.54) is 12.1 Å². The summed E-state index contributed by atoms with van der Waals surface area (Å²) < 4.78 is 18.3. The lowest BCUT2D eigenvalue weighted by Crippen LogP contribution is -2.35. The fourth-order valence-corrected chi connectivity index (χ4v) is 1.86. The van der Waals surface area contributed by atoms with E-state index in [0.717, 1.165) is 12.1 Å². The third-order valence-corrected chi connectivity index (χ3v) is 2.92. The molecule has 0 fully saturated rings. The molecule has 2 N–H and O–H groups in total. The Morgan fingerprint density at radius 2 is 2.18 bits per heavy atom. The van der Waals surface area contributed by atoms with Crippen molar-refractivity contribution in [3.8, 4) is 0 Å². The Labute approximate surface area is 102 Å². The topological polar surface area (TPSA) is 38.5 Å². The molecule has 0 spiro atoms. The van der Waals surface area contributed by atoms with Gasteiger partial charge in [0.1, 0.15) is 5.82 Å². The van der Waals surface area contributed by atoms with Crippen LogP contribution in [0, 0.1) is 5.82 Å². The van der Waals surface area contributed by atoms with Gasteiger partial charge in [-0.25, -0.2) is 4.39 Å². The average molecular weight is 240 g/mol. The van der Waals surface area contributed by atoms with Gasteiger partial charge in [0.15, 0.2) is 0 Å². The lowest BCUT2D eigenvalue weighted by Gasteiger charge is -2.27. The Bertz CT molecular complexity index is 357. The monoisotopic (exact) mass is 240 g/mol. The number of ether oxygens (including phenoxy) is 1. The number of anilines is 1. The zero-order chi connectivity index (χ0) is 12.8. The van der Waals surface area contributed by atoms with E-state index in [9.17, 15) is 4.39 Å². The molecule has 0 aliphatic heterocycles. The number of nitrogen functional groups attached to an aromatic ring is 1. The smallest absolute Gasteiger partial charge is 0.123 e. The maximum atomic E-state index is 13.2. The third-order valence-electron chi connectivity index (χ3n) is 2.92. The molecule has 1 rings (SSSR count). The second-order valence-corrected chi connectivity index (χ2v) is 4.21. The van der Waals surface area contributed by atoms with E-state index in [0.29, 0.717) is 18.8 Å². The first-order chi connectivity index (χ1) is 8.08. The van der Waals surface area contributed by atoms with Gasteiger partial charge in [-0.3, -0.25) is 4.90 Å². The van der Waals surface area contributed by atoms with Crippen LogP contribution in [0.5, 0.6) is 0 Å². The number of likely N-dealkylation sites (N-methyl/N-ethyl adjacent to an activating group) is 1. The summed E-state index contributed by atoms with van der Waals surface area (Å²) in [7, 11) is 1.68. The first-order valence-electron chi connectivity index (χ1n) is 5.85. The maximum Gasteiger partial charge on any atom is 0.123 e. The number of nitrogens with two attached hydrogens (primary N) is 1. The third kappa shape index (κ3) is 3.98. The van der Waals surface area contributed by atoms with Gasteiger partial charge >= 0.3 is 0 Å². The normalized spacial score (nSPS) is 13.0.